The molecule has 1 amide bonds. The highest BCUT2D eigenvalue weighted by Gasteiger charge is 2.51. The van der Waals surface area contributed by atoms with Gasteiger partial charge in [-0.05, 0) is 49.8 Å². The molecule has 1 saturated carbocycles. The zero-order valence-electron chi connectivity index (χ0n) is 16.6. The van der Waals surface area contributed by atoms with Crippen LogP contribution in [0.5, 0.6) is 5.75 Å². The maximum atomic E-state index is 13.0. The van der Waals surface area contributed by atoms with Gasteiger partial charge in [0.15, 0.2) is 0 Å². The summed E-state index contributed by atoms with van der Waals surface area (Å²) in [5.74, 6) is 1.74. The summed E-state index contributed by atoms with van der Waals surface area (Å²) in [7, 11) is 1.64. The minimum absolute atomic E-state index is 0.0271. The predicted molar refractivity (Wildman–Crippen MR) is 106 cm³/mol. The van der Waals surface area contributed by atoms with Crippen LogP contribution < -0.4 is 15.7 Å². The Hall–Kier alpha value is -2.57. The van der Waals surface area contributed by atoms with E-state index in [4.69, 9.17) is 4.74 Å². The van der Waals surface area contributed by atoms with Crippen molar-refractivity contribution in [1.29, 1.82) is 0 Å². The van der Waals surface area contributed by atoms with Gasteiger partial charge in [0.2, 0.25) is 5.91 Å². The highest BCUT2D eigenvalue weighted by molar-refractivity contribution is 5.91. The normalized spacial score (nSPS) is 20.1. The smallest absolute Gasteiger partial charge is 0.345 e. The van der Waals surface area contributed by atoms with Gasteiger partial charge < -0.3 is 10.1 Å². The highest BCUT2D eigenvalue weighted by atomic mass is 16.5. The van der Waals surface area contributed by atoms with Crippen LogP contribution in [0.25, 0.3) is 0 Å². The molecule has 1 aliphatic carbocycles. The van der Waals surface area contributed by atoms with E-state index in [0.29, 0.717) is 19.5 Å². The van der Waals surface area contributed by atoms with Crippen molar-refractivity contribution in [1.82, 2.24) is 19.7 Å². The Morgan fingerprint density at radius 1 is 1.29 bits per heavy atom. The maximum Gasteiger partial charge on any atom is 0.345 e. The number of fused-ring (bicyclic) bond motifs is 1. The van der Waals surface area contributed by atoms with E-state index in [1.54, 1.807) is 16.4 Å². The molecule has 0 radical (unpaired) electrons. The summed E-state index contributed by atoms with van der Waals surface area (Å²) in [5, 5.41) is 7.73. The highest BCUT2D eigenvalue weighted by Crippen LogP contribution is 2.48. The summed E-state index contributed by atoms with van der Waals surface area (Å²) in [5.41, 5.74) is 0.621. The van der Waals surface area contributed by atoms with Gasteiger partial charge in [-0.3, -0.25) is 9.36 Å². The number of carbonyl (C=O) groups excluding carboxylic acids is 1. The van der Waals surface area contributed by atoms with Gasteiger partial charge in [0.1, 0.15) is 11.6 Å². The maximum absolute atomic E-state index is 13.0. The molecule has 150 valence electrons. The fourth-order valence-electron chi connectivity index (χ4n) is 4.14. The summed E-state index contributed by atoms with van der Waals surface area (Å²) in [6.45, 7) is 3.31. The van der Waals surface area contributed by atoms with Gasteiger partial charge in [-0.15, -0.1) is 0 Å². The van der Waals surface area contributed by atoms with E-state index >= 15 is 0 Å². The number of aryl methyl sites for hydroxylation is 2. The Bertz CT molecular complexity index is 909. The number of methoxy groups -OCH3 is 1. The van der Waals surface area contributed by atoms with E-state index in [0.717, 1.165) is 49.2 Å². The second-order valence-corrected chi connectivity index (χ2v) is 7.88. The molecule has 2 heterocycles. The first-order valence-corrected chi connectivity index (χ1v) is 10.2. The van der Waals surface area contributed by atoms with Crippen LogP contribution in [0.15, 0.2) is 29.1 Å². The van der Waals surface area contributed by atoms with Crippen LogP contribution in [0.3, 0.4) is 0 Å². The topological polar surface area (TPSA) is 78.2 Å². The van der Waals surface area contributed by atoms with E-state index in [-0.39, 0.29) is 17.6 Å². The Morgan fingerprint density at radius 2 is 2.04 bits per heavy atom. The summed E-state index contributed by atoms with van der Waals surface area (Å²) in [6.07, 6.45) is 4.93. The number of carbonyl (C=O) groups is 1. The molecule has 1 aromatic heterocycles. The third kappa shape index (κ3) is 3.34. The second kappa shape index (κ2) is 7.45. The largest absolute Gasteiger partial charge is 0.497 e. The van der Waals surface area contributed by atoms with E-state index in [2.05, 4.69) is 10.4 Å². The Morgan fingerprint density at radius 3 is 2.68 bits per heavy atom. The Kier molecular flexibility index (Phi) is 5.00. The lowest BCUT2D eigenvalue weighted by Gasteiger charge is -2.21. The molecule has 1 fully saturated rings. The number of nitrogens with one attached hydrogen (secondary N) is 1. The van der Waals surface area contributed by atoms with Gasteiger partial charge in [-0.2, -0.15) is 5.10 Å². The summed E-state index contributed by atoms with van der Waals surface area (Å²) < 4.78 is 8.56. The van der Waals surface area contributed by atoms with Gasteiger partial charge >= 0.3 is 5.69 Å². The van der Waals surface area contributed by atoms with Crippen LogP contribution in [0.4, 0.5) is 0 Å². The van der Waals surface area contributed by atoms with Crippen molar-refractivity contribution in [2.45, 2.75) is 70.0 Å². The van der Waals surface area contributed by atoms with Gasteiger partial charge in [-0.25, -0.2) is 9.48 Å². The molecule has 4 rings (SSSR count). The first-order chi connectivity index (χ1) is 13.6. The lowest BCUT2D eigenvalue weighted by molar-refractivity contribution is -0.124. The molecule has 2 aliphatic rings. The van der Waals surface area contributed by atoms with E-state index < -0.39 is 5.41 Å². The summed E-state index contributed by atoms with van der Waals surface area (Å²) in [4.78, 5) is 25.5. The number of benzene rings is 1. The average Bonchev–Trinajstić information content (AvgIpc) is 3.49. The molecule has 1 atom stereocenters. The molecule has 7 heteroatoms. The van der Waals surface area contributed by atoms with Crippen molar-refractivity contribution in [3.05, 3.63) is 46.1 Å². The van der Waals surface area contributed by atoms with Crippen molar-refractivity contribution >= 4 is 5.91 Å². The molecular weight excluding hydrogens is 356 g/mol. The summed E-state index contributed by atoms with van der Waals surface area (Å²) in [6, 6.07) is 7.88. The van der Waals surface area contributed by atoms with Crippen molar-refractivity contribution in [2.24, 2.45) is 0 Å². The van der Waals surface area contributed by atoms with Gasteiger partial charge in [-0.1, -0.05) is 19.1 Å². The lowest BCUT2D eigenvalue weighted by Crippen LogP contribution is -2.42. The molecule has 7 nitrogen and oxygen atoms in total. The van der Waals surface area contributed by atoms with Crippen molar-refractivity contribution < 1.29 is 9.53 Å². The first kappa shape index (κ1) is 18.8. The second-order valence-electron chi connectivity index (χ2n) is 7.88. The fraction of sp³-hybridized carbons (Fsp3) is 0.571. The number of hydrogen-bond donors (Lipinski definition) is 1. The summed E-state index contributed by atoms with van der Waals surface area (Å²) >= 11 is 0. The minimum atomic E-state index is -0.403. The third-order valence-electron chi connectivity index (χ3n) is 6.01. The van der Waals surface area contributed by atoms with Crippen LogP contribution in [0.1, 0.15) is 50.4 Å². The molecule has 1 N–H and O–H groups in total. The van der Waals surface area contributed by atoms with Gasteiger partial charge in [0, 0.05) is 25.6 Å². The first-order valence-electron chi connectivity index (χ1n) is 10.2. The molecule has 2 aromatic rings. The molecule has 1 unspecified atom stereocenters. The van der Waals surface area contributed by atoms with Crippen molar-refractivity contribution in [3.63, 3.8) is 0 Å². The molecule has 0 bridgehead atoms. The minimum Gasteiger partial charge on any atom is -0.497 e. The molecular formula is C21H28N4O3. The van der Waals surface area contributed by atoms with E-state index in [1.807, 2.05) is 31.2 Å². The van der Waals surface area contributed by atoms with Gasteiger partial charge in [0.25, 0.3) is 0 Å². The molecule has 1 aliphatic heterocycles. The van der Waals surface area contributed by atoms with Crippen LogP contribution in [0, 0.1) is 0 Å². The SMILES string of the molecule is CCCn1nc2n(c1=O)CCC(NC(=O)C1(c3ccc(OC)cc3)CC1)CC2. The number of nitrogens with zero attached hydrogens (tertiary/aromatic N) is 3. The Balaban J connectivity index is 1.42. The quantitative estimate of drug-likeness (QED) is 0.826. The lowest BCUT2D eigenvalue weighted by atomic mass is 9.94. The number of ether oxygens (including phenoxy) is 1. The molecule has 1 aromatic carbocycles. The van der Waals surface area contributed by atoms with Crippen molar-refractivity contribution in [3.8, 4) is 5.75 Å². The van der Waals surface area contributed by atoms with Crippen LogP contribution >= 0.6 is 0 Å². The third-order valence-corrected chi connectivity index (χ3v) is 6.01. The molecule has 0 saturated heterocycles. The number of aromatic nitrogens is 3. The monoisotopic (exact) mass is 384 g/mol. The molecule has 28 heavy (non-hydrogen) atoms. The van der Waals surface area contributed by atoms with E-state index in [9.17, 15) is 9.59 Å². The van der Waals surface area contributed by atoms with Crippen LogP contribution in [-0.4, -0.2) is 33.4 Å². The van der Waals surface area contributed by atoms with Crippen LogP contribution in [-0.2, 0) is 29.7 Å². The standard InChI is InChI=1S/C21H28N4O3/c1-3-13-25-20(27)24-14-10-16(6-9-18(24)23-25)22-19(26)21(11-12-21)15-4-7-17(28-2)8-5-15/h4-5,7-8,16H,3,6,9-14H2,1-2H3,(H,22,26). The molecule has 0 spiro atoms. The zero-order valence-corrected chi connectivity index (χ0v) is 16.6. The van der Waals surface area contributed by atoms with Crippen molar-refractivity contribution in [2.75, 3.05) is 7.11 Å². The number of amides is 1. The van der Waals surface area contributed by atoms with Gasteiger partial charge in [0.05, 0.1) is 12.5 Å². The van der Waals surface area contributed by atoms with Crippen LogP contribution in [0.2, 0.25) is 0 Å². The fourth-order valence-corrected chi connectivity index (χ4v) is 4.14. The number of hydrogen-bond acceptors (Lipinski definition) is 4. The predicted octanol–water partition coefficient (Wildman–Crippen LogP) is 2.02. The average molecular weight is 384 g/mol. The Labute approximate surface area is 164 Å². The number of rotatable bonds is 6. The van der Waals surface area contributed by atoms with E-state index in [1.165, 1.54) is 0 Å². The zero-order chi connectivity index (χ0) is 19.7.